The molecule has 1 unspecified atom stereocenters. The molecule has 0 fully saturated rings. The molecule has 1 aliphatic rings. The van der Waals surface area contributed by atoms with E-state index in [0.717, 1.165) is 17.8 Å². The topological polar surface area (TPSA) is 63.8 Å². The Morgan fingerprint density at radius 1 is 1.44 bits per heavy atom. The number of nitrogen functional groups attached to an aromatic ring is 1. The van der Waals surface area contributed by atoms with Crippen molar-refractivity contribution in [1.82, 2.24) is 9.97 Å². The summed E-state index contributed by atoms with van der Waals surface area (Å²) in [6.07, 6.45) is 12.6. The van der Waals surface area contributed by atoms with Crippen molar-refractivity contribution in [2.24, 2.45) is 5.92 Å². The van der Waals surface area contributed by atoms with Gasteiger partial charge in [-0.25, -0.2) is 9.97 Å². The molecule has 94 valence electrons. The van der Waals surface area contributed by atoms with E-state index in [1.165, 1.54) is 6.33 Å². The first-order valence-corrected chi connectivity index (χ1v) is 6.09. The Kier molecular flexibility index (Phi) is 3.77. The molecule has 0 aromatic carbocycles. The van der Waals surface area contributed by atoms with Gasteiger partial charge in [0.2, 0.25) is 0 Å². The maximum atomic E-state index is 6.05. The van der Waals surface area contributed by atoms with Gasteiger partial charge in [0.15, 0.2) is 5.82 Å². The van der Waals surface area contributed by atoms with Crippen LogP contribution in [0.3, 0.4) is 0 Å². The van der Waals surface area contributed by atoms with Crippen molar-refractivity contribution in [3.8, 4) is 0 Å². The highest BCUT2D eigenvalue weighted by molar-refractivity contribution is 5.73. The van der Waals surface area contributed by atoms with Crippen LogP contribution in [0.5, 0.6) is 0 Å². The highest BCUT2D eigenvalue weighted by Gasteiger charge is 2.13. The summed E-state index contributed by atoms with van der Waals surface area (Å²) in [5.41, 5.74) is 8.51. The third kappa shape index (κ3) is 2.59. The summed E-state index contributed by atoms with van der Waals surface area (Å²) in [4.78, 5) is 8.35. The lowest BCUT2D eigenvalue weighted by Gasteiger charge is -2.19. The second kappa shape index (κ2) is 5.49. The summed E-state index contributed by atoms with van der Waals surface area (Å²) in [6.45, 7) is 4.11. The van der Waals surface area contributed by atoms with E-state index >= 15 is 0 Å². The van der Waals surface area contributed by atoms with Crippen LogP contribution in [0, 0.1) is 5.92 Å². The average Bonchev–Trinajstić information content (AvgIpc) is 2.37. The number of aromatic nitrogens is 2. The smallest absolute Gasteiger partial charge is 0.157 e. The number of allylic oxidation sites excluding steroid dienone is 5. The second-order valence-electron chi connectivity index (χ2n) is 4.33. The van der Waals surface area contributed by atoms with Gasteiger partial charge in [0.05, 0.1) is 5.69 Å². The summed E-state index contributed by atoms with van der Waals surface area (Å²) >= 11 is 0. The predicted molar refractivity (Wildman–Crippen MR) is 75.8 cm³/mol. The largest absolute Gasteiger partial charge is 0.394 e. The zero-order chi connectivity index (χ0) is 13.0. The zero-order valence-corrected chi connectivity index (χ0v) is 10.7. The Morgan fingerprint density at radius 2 is 2.28 bits per heavy atom. The molecule has 1 atom stereocenters. The van der Waals surface area contributed by atoms with Crippen molar-refractivity contribution >= 4 is 17.6 Å². The SMILES string of the molecule is C/C=C\c1ncnc(NC2=CC=CCC2C)c1N. The van der Waals surface area contributed by atoms with Crippen LogP contribution >= 0.6 is 0 Å². The Labute approximate surface area is 107 Å². The summed E-state index contributed by atoms with van der Waals surface area (Å²) in [5, 5.41) is 3.30. The van der Waals surface area contributed by atoms with E-state index in [9.17, 15) is 0 Å². The molecule has 1 aromatic rings. The molecule has 4 heteroatoms. The van der Waals surface area contributed by atoms with E-state index in [1.54, 1.807) is 0 Å². The van der Waals surface area contributed by atoms with Gasteiger partial charge in [0, 0.05) is 5.70 Å². The van der Waals surface area contributed by atoms with Crippen molar-refractivity contribution < 1.29 is 0 Å². The fourth-order valence-electron chi connectivity index (χ4n) is 1.85. The lowest BCUT2D eigenvalue weighted by atomic mass is 9.99. The number of nitrogens with zero attached hydrogens (tertiary/aromatic N) is 2. The Hall–Kier alpha value is -2.10. The lowest BCUT2D eigenvalue weighted by Crippen LogP contribution is -2.13. The maximum Gasteiger partial charge on any atom is 0.157 e. The first-order chi connectivity index (χ1) is 8.72. The summed E-state index contributed by atoms with van der Waals surface area (Å²) in [7, 11) is 0. The number of rotatable bonds is 3. The molecule has 4 nitrogen and oxygen atoms in total. The van der Waals surface area contributed by atoms with Gasteiger partial charge < -0.3 is 11.1 Å². The molecular weight excluding hydrogens is 224 g/mol. The van der Waals surface area contributed by atoms with Crippen molar-refractivity contribution in [3.05, 3.63) is 42.0 Å². The minimum Gasteiger partial charge on any atom is -0.394 e. The molecular formula is C14H18N4. The average molecular weight is 242 g/mol. The molecule has 2 rings (SSSR count). The van der Waals surface area contributed by atoms with Crippen LogP contribution in [-0.4, -0.2) is 9.97 Å². The second-order valence-corrected chi connectivity index (χ2v) is 4.33. The molecule has 0 bridgehead atoms. The number of hydrogen-bond donors (Lipinski definition) is 2. The fourth-order valence-corrected chi connectivity index (χ4v) is 1.85. The maximum absolute atomic E-state index is 6.05. The minimum atomic E-state index is 0.453. The Bertz CT molecular complexity index is 515. The highest BCUT2D eigenvalue weighted by atomic mass is 15.0. The van der Waals surface area contributed by atoms with Crippen molar-refractivity contribution in [2.75, 3.05) is 11.1 Å². The molecule has 0 spiro atoms. The Morgan fingerprint density at radius 3 is 3.00 bits per heavy atom. The minimum absolute atomic E-state index is 0.453. The zero-order valence-electron chi connectivity index (χ0n) is 10.7. The van der Waals surface area contributed by atoms with Crippen LogP contribution in [0.4, 0.5) is 11.5 Å². The molecule has 18 heavy (non-hydrogen) atoms. The fraction of sp³-hybridized carbons (Fsp3) is 0.286. The normalized spacial score (nSPS) is 19.0. The number of nitrogens with one attached hydrogen (secondary N) is 1. The first-order valence-electron chi connectivity index (χ1n) is 6.09. The van der Waals surface area contributed by atoms with Gasteiger partial charge in [-0.1, -0.05) is 25.2 Å². The van der Waals surface area contributed by atoms with E-state index in [0.29, 0.717) is 17.4 Å². The van der Waals surface area contributed by atoms with Crippen LogP contribution in [0.25, 0.3) is 6.08 Å². The van der Waals surface area contributed by atoms with Gasteiger partial charge in [-0.3, -0.25) is 0 Å². The van der Waals surface area contributed by atoms with Gasteiger partial charge in [-0.05, 0) is 31.4 Å². The van der Waals surface area contributed by atoms with Crippen molar-refractivity contribution in [3.63, 3.8) is 0 Å². The van der Waals surface area contributed by atoms with Crippen molar-refractivity contribution in [2.45, 2.75) is 20.3 Å². The highest BCUT2D eigenvalue weighted by Crippen LogP contribution is 2.25. The third-order valence-electron chi connectivity index (χ3n) is 2.93. The van der Waals surface area contributed by atoms with Gasteiger partial charge >= 0.3 is 0 Å². The molecule has 0 aliphatic heterocycles. The first kappa shape index (κ1) is 12.4. The molecule has 0 amide bonds. The van der Waals surface area contributed by atoms with Crippen LogP contribution in [0.2, 0.25) is 0 Å². The molecule has 0 radical (unpaired) electrons. The standard InChI is InChI=1S/C14H18N4/c1-3-6-12-13(15)14(17-9-16-12)18-11-8-5-4-7-10(11)2/h3-6,8-10H,7,15H2,1-2H3,(H,16,17,18)/b6-3-. The molecule has 0 saturated heterocycles. The summed E-state index contributed by atoms with van der Waals surface area (Å²) < 4.78 is 0. The molecule has 0 saturated carbocycles. The van der Waals surface area contributed by atoms with E-state index in [-0.39, 0.29) is 0 Å². The molecule has 1 aromatic heterocycles. The monoisotopic (exact) mass is 242 g/mol. The van der Waals surface area contributed by atoms with E-state index in [4.69, 9.17) is 5.73 Å². The van der Waals surface area contributed by atoms with Gasteiger partial charge in [0.25, 0.3) is 0 Å². The van der Waals surface area contributed by atoms with E-state index < -0.39 is 0 Å². The quantitative estimate of drug-likeness (QED) is 0.855. The molecule has 1 heterocycles. The van der Waals surface area contributed by atoms with Crippen LogP contribution < -0.4 is 11.1 Å². The lowest BCUT2D eigenvalue weighted by molar-refractivity contribution is 0.690. The van der Waals surface area contributed by atoms with Crippen LogP contribution in [0.15, 0.2) is 36.3 Å². The number of anilines is 2. The third-order valence-corrected chi connectivity index (χ3v) is 2.93. The van der Waals surface area contributed by atoms with E-state index in [2.05, 4.69) is 34.4 Å². The van der Waals surface area contributed by atoms with E-state index in [1.807, 2.05) is 25.2 Å². The molecule has 3 N–H and O–H groups in total. The number of hydrogen-bond acceptors (Lipinski definition) is 4. The van der Waals surface area contributed by atoms with Gasteiger partial charge in [-0.15, -0.1) is 0 Å². The van der Waals surface area contributed by atoms with Crippen LogP contribution in [0.1, 0.15) is 26.0 Å². The summed E-state index contributed by atoms with van der Waals surface area (Å²) in [6, 6.07) is 0. The predicted octanol–water partition coefficient (Wildman–Crippen LogP) is 2.98. The Balaban J connectivity index is 2.27. The van der Waals surface area contributed by atoms with Gasteiger partial charge in [0.1, 0.15) is 12.0 Å². The van der Waals surface area contributed by atoms with Crippen LogP contribution in [-0.2, 0) is 0 Å². The summed E-state index contributed by atoms with van der Waals surface area (Å²) in [5.74, 6) is 1.13. The molecule has 1 aliphatic carbocycles. The number of nitrogens with two attached hydrogens (primary N) is 1. The van der Waals surface area contributed by atoms with Gasteiger partial charge in [-0.2, -0.15) is 0 Å². The van der Waals surface area contributed by atoms with Crippen molar-refractivity contribution in [1.29, 1.82) is 0 Å².